The molecule has 12 heteroatoms. The summed E-state index contributed by atoms with van der Waals surface area (Å²) in [7, 11) is -4.36. The Kier molecular flexibility index (Phi) is 6.61. The van der Waals surface area contributed by atoms with Gasteiger partial charge in [-0.3, -0.25) is 0 Å². The van der Waals surface area contributed by atoms with Gasteiger partial charge in [-0.2, -0.15) is 0 Å². The summed E-state index contributed by atoms with van der Waals surface area (Å²) in [6, 6.07) is 8.54. The lowest BCUT2D eigenvalue weighted by molar-refractivity contribution is -0.145. The van der Waals surface area contributed by atoms with Crippen molar-refractivity contribution in [2.45, 2.75) is 56.6 Å². The van der Waals surface area contributed by atoms with Gasteiger partial charge in [0.1, 0.15) is 0 Å². The molecule has 10 nitrogen and oxygen atoms in total. The minimum Gasteiger partial charge on any atom is -0.492 e. The van der Waals surface area contributed by atoms with E-state index in [0.29, 0.717) is 10.2 Å². The Morgan fingerprint density at radius 1 is 1.03 bits per heavy atom. The van der Waals surface area contributed by atoms with Crippen LogP contribution in [-0.2, 0) is 24.1 Å². The highest BCUT2D eigenvalue weighted by molar-refractivity contribution is 7.89. The van der Waals surface area contributed by atoms with Crippen molar-refractivity contribution in [3.05, 3.63) is 36.4 Å². The molecule has 0 atom stereocenters. The number of aromatic hydroxyl groups is 2. The molecule has 0 aliphatic carbocycles. The van der Waals surface area contributed by atoms with E-state index in [1.807, 2.05) is 27.7 Å². The Morgan fingerprint density at radius 2 is 1.56 bits per heavy atom. The van der Waals surface area contributed by atoms with E-state index in [9.17, 15) is 23.4 Å². The summed E-state index contributed by atoms with van der Waals surface area (Å²) in [5, 5.41) is 18.9. The number of benzene rings is 1. The predicted molar refractivity (Wildman–Crippen MR) is 116 cm³/mol. The third-order valence-corrected chi connectivity index (χ3v) is 7.03. The first kappa shape index (κ1) is 24.1. The van der Waals surface area contributed by atoms with Crippen LogP contribution in [0.3, 0.4) is 0 Å². The summed E-state index contributed by atoms with van der Waals surface area (Å²) in [6.07, 6.45) is 0.0350. The molecular formula is C20H27BN2O8S. The number of nitrogens with one attached hydrogen (secondary N) is 1. The van der Waals surface area contributed by atoms with E-state index < -0.39 is 46.1 Å². The highest BCUT2D eigenvalue weighted by atomic mass is 32.2. The summed E-state index contributed by atoms with van der Waals surface area (Å²) in [6.45, 7) is 7.76. The first-order valence-corrected chi connectivity index (χ1v) is 11.6. The van der Waals surface area contributed by atoms with Crippen LogP contribution in [0, 0.1) is 0 Å². The number of sulfonamides is 1. The molecule has 2 aromatic rings. The van der Waals surface area contributed by atoms with Crippen molar-refractivity contribution in [1.29, 1.82) is 0 Å². The molecule has 32 heavy (non-hydrogen) atoms. The third kappa shape index (κ3) is 5.09. The fourth-order valence-corrected chi connectivity index (χ4v) is 4.02. The quantitative estimate of drug-likeness (QED) is 0.386. The second kappa shape index (κ2) is 8.78. The van der Waals surface area contributed by atoms with E-state index in [1.54, 1.807) is 12.1 Å². The minimum absolute atomic E-state index is 0.0000533. The molecule has 2 heterocycles. The lowest BCUT2D eigenvalue weighted by Gasteiger charge is -2.32. The van der Waals surface area contributed by atoms with E-state index in [2.05, 4.69) is 4.72 Å². The van der Waals surface area contributed by atoms with Gasteiger partial charge in [-0.1, -0.05) is 12.1 Å². The smallest absolute Gasteiger partial charge is 0.492 e. The maximum Gasteiger partial charge on any atom is 0.494 e. The van der Waals surface area contributed by atoms with Crippen molar-refractivity contribution < 1.29 is 37.6 Å². The molecule has 0 unspecified atom stereocenters. The number of hydrogen-bond acceptors (Lipinski definition) is 8. The molecule has 3 N–H and O–H groups in total. The zero-order valence-corrected chi connectivity index (χ0v) is 19.2. The summed E-state index contributed by atoms with van der Waals surface area (Å²) in [4.78, 5) is 16.7. The lowest BCUT2D eigenvalue weighted by atomic mass is 9.79. The molecule has 0 spiro atoms. The topological polar surface area (TPSA) is 136 Å². The zero-order valence-electron chi connectivity index (χ0n) is 18.4. The van der Waals surface area contributed by atoms with Crippen LogP contribution in [0.4, 0.5) is 0 Å². The second-order valence-electron chi connectivity index (χ2n) is 8.47. The molecule has 1 saturated heterocycles. The molecule has 1 aliphatic heterocycles. The van der Waals surface area contributed by atoms with Crippen molar-refractivity contribution in [2.24, 2.45) is 0 Å². The average molecular weight is 466 g/mol. The Labute approximate surface area is 187 Å². The van der Waals surface area contributed by atoms with Gasteiger partial charge in [0.25, 0.3) is 0 Å². The Balaban J connectivity index is 1.51. The fraction of sp³-hybridized carbons (Fsp3) is 0.450. The van der Waals surface area contributed by atoms with Crippen molar-refractivity contribution in [1.82, 2.24) is 9.45 Å². The molecule has 1 aromatic carbocycles. The van der Waals surface area contributed by atoms with E-state index >= 15 is 0 Å². The fourth-order valence-electron chi connectivity index (χ4n) is 2.95. The first-order chi connectivity index (χ1) is 14.8. The largest absolute Gasteiger partial charge is 0.494 e. The predicted octanol–water partition coefficient (Wildman–Crippen LogP) is 0.912. The van der Waals surface area contributed by atoms with Crippen LogP contribution in [0.1, 0.15) is 40.5 Å². The number of carbonyl (C=O) groups excluding carboxylic acids is 1. The van der Waals surface area contributed by atoms with Gasteiger partial charge in [-0.15, -0.1) is 4.73 Å². The Morgan fingerprint density at radius 3 is 2.09 bits per heavy atom. The van der Waals surface area contributed by atoms with Crippen LogP contribution >= 0.6 is 0 Å². The van der Waals surface area contributed by atoms with E-state index in [0.717, 1.165) is 12.1 Å². The highest BCUT2D eigenvalue weighted by Crippen LogP contribution is 2.36. The lowest BCUT2D eigenvalue weighted by Crippen LogP contribution is -2.41. The molecule has 0 amide bonds. The van der Waals surface area contributed by atoms with Crippen LogP contribution < -0.4 is 15.0 Å². The number of rotatable bonds is 8. The van der Waals surface area contributed by atoms with Crippen molar-refractivity contribution in [3.8, 4) is 11.8 Å². The Bertz CT molecular complexity index is 1040. The van der Waals surface area contributed by atoms with Gasteiger partial charge in [-0.25, -0.2) is 17.9 Å². The molecule has 1 fully saturated rings. The van der Waals surface area contributed by atoms with Crippen LogP contribution in [0.5, 0.6) is 11.8 Å². The van der Waals surface area contributed by atoms with Gasteiger partial charge in [0.2, 0.25) is 21.8 Å². The maximum absolute atomic E-state index is 12.5. The Hall–Kier alpha value is -2.54. The van der Waals surface area contributed by atoms with Gasteiger partial charge in [0, 0.05) is 25.1 Å². The summed E-state index contributed by atoms with van der Waals surface area (Å²) in [5.41, 5.74) is -0.282. The number of nitrogens with zero attached hydrogens (tertiary/aromatic N) is 1. The van der Waals surface area contributed by atoms with Crippen LogP contribution in [0.25, 0.3) is 0 Å². The van der Waals surface area contributed by atoms with Gasteiger partial charge in [0.05, 0.1) is 16.1 Å². The van der Waals surface area contributed by atoms with Crippen molar-refractivity contribution in [2.75, 3.05) is 6.54 Å². The maximum atomic E-state index is 12.5. The first-order valence-electron chi connectivity index (χ1n) is 10.1. The standard InChI is InChI=1S/C20H27BN2O8S/c1-19(2)20(3,4)31-21(30-19)14-7-9-15(10-8-14)32(27,28)22-13-5-6-18(26)29-23-16(24)11-12-17(23)25/h7-12,22,24-25H,5-6,13H2,1-4H3. The van der Waals surface area contributed by atoms with Crippen LogP contribution in [0.15, 0.2) is 41.3 Å². The number of hydrogen-bond donors (Lipinski definition) is 3. The SMILES string of the molecule is CC1(C)OB(c2ccc(S(=O)(=O)NCCCC(=O)On3c(O)ccc3O)cc2)OC1(C)C. The minimum atomic E-state index is -3.78. The molecule has 0 bridgehead atoms. The second-order valence-corrected chi connectivity index (χ2v) is 10.2. The monoisotopic (exact) mass is 466 g/mol. The number of aromatic nitrogens is 1. The van der Waals surface area contributed by atoms with E-state index in [4.69, 9.17) is 14.1 Å². The normalized spacial score (nSPS) is 17.4. The summed E-state index contributed by atoms with van der Waals surface area (Å²) < 4.78 is 39.9. The molecular weight excluding hydrogens is 439 g/mol. The molecule has 3 rings (SSSR count). The summed E-state index contributed by atoms with van der Waals surface area (Å²) in [5.74, 6) is -1.60. The molecule has 0 saturated carbocycles. The zero-order chi connectivity index (χ0) is 23.7. The molecule has 174 valence electrons. The van der Waals surface area contributed by atoms with E-state index in [1.165, 1.54) is 12.1 Å². The van der Waals surface area contributed by atoms with Crippen LogP contribution in [0.2, 0.25) is 0 Å². The average Bonchev–Trinajstić information content (AvgIpc) is 3.14. The van der Waals surface area contributed by atoms with E-state index in [-0.39, 0.29) is 24.3 Å². The van der Waals surface area contributed by atoms with Gasteiger partial charge in [-0.05, 0) is 51.7 Å². The van der Waals surface area contributed by atoms with Crippen molar-refractivity contribution in [3.63, 3.8) is 0 Å². The van der Waals surface area contributed by atoms with Crippen LogP contribution in [-0.4, -0.2) is 54.2 Å². The highest BCUT2D eigenvalue weighted by Gasteiger charge is 2.51. The third-order valence-electron chi connectivity index (χ3n) is 5.56. The molecule has 1 aliphatic rings. The molecule has 0 radical (unpaired) electrons. The van der Waals surface area contributed by atoms with Gasteiger partial charge in [0.15, 0.2) is 0 Å². The van der Waals surface area contributed by atoms with Gasteiger partial charge >= 0.3 is 13.1 Å². The van der Waals surface area contributed by atoms with Crippen molar-refractivity contribution >= 4 is 28.6 Å². The number of carbonyl (C=O) groups is 1. The van der Waals surface area contributed by atoms with Gasteiger partial charge < -0.3 is 24.4 Å². The summed E-state index contributed by atoms with van der Waals surface area (Å²) >= 11 is 0. The molecule has 1 aromatic heterocycles.